The molecule has 0 aliphatic heterocycles. The third-order valence-corrected chi connectivity index (χ3v) is 10.1. The predicted octanol–water partition coefficient (Wildman–Crippen LogP) is 5.34. The Morgan fingerprint density at radius 1 is 0.614 bits per heavy atom. The molecule has 0 amide bonds. The minimum atomic E-state index is -6.09. The molecule has 1 saturated carbocycles. The minimum absolute atomic E-state index is 0.116. The quantitative estimate of drug-likeness (QED) is 0.0950. The van der Waals surface area contributed by atoms with Gasteiger partial charge in [-0.25, -0.2) is 16.8 Å². The third-order valence-electron chi connectivity index (χ3n) is 7.02. The van der Waals surface area contributed by atoms with Gasteiger partial charge in [0.1, 0.15) is 0 Å². The van der Waals surface area contributed by atoms with Crippen LogP contribution in [0.5, 0.6) is 0 Å². The number of sulfonamides is 2. The first kappa shape index (κ1) is 41.4. The standard InChI is InChI=1S/C28H53F3NO10S2/c1-2-3-4-5-6-7-9-26-10-12-27(13-11-26)42-24-23-41-22-21-40-20-19-39-18-17-38-16-15-37-14-8-25-43(33,34)32-44(35,36)28(29,30)31/h26-27H,2-25H2,1H3/q-1. The molecule has 0 N–H and O–H groups in total. The Morgan fingerprint density at radius 2 is 1.07 bits per heavy atom. The van der Waals surface area contributed by atoms with Crippen LogP contribution in [0.4, 0.5) is 13.2 Å². The number of alkyl halides is 3. The molecular weight excluding hydrogens is 631 g/mol. The van der Waals surface area contributed by atoms with Gasteiger partial charge in [-0.2, -0.15) is 13.2 Å². The van der Waals surface area contributed by atoms with Gasteiger partial charge in [0.15, 0.2) is 10.0 Å². The largest absolute Gasteiger partial charge is 0.480 e. The van der Waals surface area contributed by atoms with Crippen molar-refractivity contribution >= 4 is 20.0 Å². The number of rotatable bonds is 29. The fraction of sp³-hybridized carbons (Fsp3) is 1.00. The van der Waals surface area contributed by atoms with Gasteiger partial charge in [0.2, 0.25) is 0 Å². The van der Waals surface area contributed by atoms with Crippen LogP contribution in [0.3, 0.4) is 0 Å². The van der Waals surface area contributed by atoms with Crippen LogP contribution in [0.2, 0.25) is 0 Å². The molecule has 0 aromatic rings. The van der Waals surface area contributed by atoms with Crippen LogP contribution in [-0.2, 0) is 48.5 Å². The Bertz CT molecular complexity index is 900. The van der Waals surface area contributed by atoms with Gasteiger partial charge < -0.3 is 32.5 Å². The summed E-state index contributed by atoms with van der Waals surface area (Å²) < 4.78 is 116. The van der Waals surface area contributed by atoms with E-state index in [2.05, 4.69) is 6.92 Å². The Kier molecular flexibility index (Phi) is 23.1. The van der Waals surface area contributed by atoms with Crippen LogP contribution in [0, 0.1) is 5.92 Å². The third kappa shape index (κ3) is 22.0. The number of hydrogen-bond donors (Lipinski definition) is 0. The molecule has 0 aromatic carbocycles. The summed E-state index contributed by atoms with van der Waals surface area (Å²) in [6, 6.07) is 0. The highest BCUT2D eigenvalue weighted by atomic mass is 32.3. The van der Waals surface area contributed by atoms with Crippen molar-refractivity contribution < 1.29 is 58.4 Å². The maximum atomic E-state index is 12.2. The summed E-state index contributed by atoms with van der Waals surface area (Å²) in [6.07, 6.45) is 14.6. The molecule has 1 aliphatic carbocycles. The summed E-state index contributed by atoms with van der Waals surface area (Å²) >= 11 is 0. The van der Waals surface area contributed by atoms with E-state index in [1.165, 1.54) is 57.8 Å². The lowest BCUT2D eigenvalue weighted by Gasteiger charge is -2.28. The van der Waals surface area contributed by atoms with Gasteiger partial charge in [-0.05, 0) is 38.0 Å². The molecule has 0 saturated heterocycles. The molecule has 1 fully saturated rings. The first-order valence-electron chi connectivity index (χ1n) is 15.8. The van der Waals surface area contributed by atoms with Crippen LogP contribution in [-0.4, -0.2) is 107 Å². The maximum absolute atomic E-state index is 12.2. The molecule has 1 aliphatic rings. The molecule has 0 spiro atoms. The first-order valence-corrected chi connectivity index (χ1v) is 18.8. The zero-order valence-electron chi connectivity index (χ0n) is 26.1. The van der Waals surface area contributed by atoms with E-state index in [1.807, 2.05) is 4.13 Å². The number of unbranched alkanes of at least 4 members (excludes halogenated alkanes) is 5. The topological polar surface area (TPSA) is 138 Å². The van der Waals surface area contributed by atoms with Gasteiger partial charge >= 0.3 is 5.51 Å². The van der Waals surface area contributed by atoms with Crippen LogP contribution in [0.1, 0.15) is 84.0 Å². The van der Waals surface area contributed by atoms with Crippen molar-refractivity contribution in [3.05, 3.63) is 4.13 Å². The van der Waals surface area contributed by atoms with Crippen molar-refractivity contribution in [3.8, 4) is 0 Å². The van der Waals surface area contributed by atoms with Gasteiger partial charge in [0.05, 0.1) is 82.2 Å². The summed E-state index contributed by atoms with van der Waals surface area (Å²) in [5.41, 5.74) is -5.76. The van der Waals surface area contributed by atoms with Gasteiger partial charge in [-0.3, -0.25) is 0 Å². The van der Waals surface area contributed by atoms with E-state index < -0.39 is 31.3 Å². The van der Waals surface area contributed by atoms with Crippen molar-refractivity contribution in [2.45, 2.75) is 95.6 Å². The zero-order chi connectivity index (χ0) is 32.6. The molecule has 0 unspecified atom stereocenters. The van der Waals surface area contributed by atoms with Crippen LogP contribution >= 0.6 is 0 Å². The summed E-state index contributed by atoms with van der Waals surface area (Å²) in [5.74, 6) is -0.0123. The number of hydrogen-bond acceptors (Lipinski definition) is 10. The van der Waals surface area contributed by atoms with Gasteiger partial charge in [-0.1, -0.05) is 51.9 Å². The summed E-state index contributed by atoms with van der Waals surface area (Å²) in [6.45, 7) is 6.03. The second-order valence-electron chi connectivity index (χ2n) is 10.8. The molecule has 16 heteroatoms. The fourth-order valence-corrected chi connectivity index (χ4v) is 6.94. The van der Waals surface area contributed by atoms with E-state index in [0.29, 0.717) is 59.0 Å². The SMILES string of the molecule is CCCCCCCCC1CCC(OCCOCCOCCOCCOCCOCCCS(=O)(=O)[N-]S(=O)(=O)C(F)(F)F)CC1. The van der Waals surface area contributed by atoms with E-state index in [9.17, 15) is 30.0 Å². The van der Waals surface area contributed by atoms with Crippen molar-refractivity contribution in [1.29, 1.82) is 0 Å². The normalized spacial score (nSPS) is 18.2. The molecule has 44 heavy (non-hydrogen) atoms. The molecule has 1 rings (SSSR count). The zero-order valence-corrected chi connectivity index (χ0v) is 27.7. The highest BCUT2D eigenvalue weighted by Crippen LogP contribution is 2.31. The second kappa shape index (κ2) is 24.6. The average Bonchev–Trinajstić information content (AvgIpc) is 2.95. The number of nitrogens with zero attached hydrogens (tertiary/aromatic N) is 1. The van der Waals surface area contributed by atoms with E-state index in [1.54, 1.807) is 0 Å². The molecular formula is C28H53F3NO10S2-. The van der Waals surface area contributed by atoms with Gasteiger partial charge in [0, 0.05) is 12.4 Å². The maximum Gasteiger partial charge on any atom is 0.480 e. The Hall–Kier alpha value is -0.590. The molecule has 0 bridgehead atoms. The first-order chi connectivity index (χ1) is 21.0. The highest BCUT2D eigenvalue weighted by molar-refractivity contribution is 8.12. The van der Waals surface area contributed by atoms with Crippen molar-refractivity contribution in [1.82, 2.24) is 0 Å². The average molecular weight is 685 g/mol. The Balaban J connectivity index is 1.80. The molecule has 0 radical (unpaired) electrons. The predicted molar refractivity (Wildman–Crippen MR) is 161 cm³/mol. The molecule has 11 nitrogen and oxygen atoms in total. The fourth-order valence-electron chi connectivity index (χ4n) is 4.63. The highest BCUT2D eigenvalue weighted by Gasteiger charge is 2.40. The number of halogens is 3. The second-order valence-corrected chi connectivity index (χ2v) is 14.3. The monoisotopic (exact) mass is 684 g/mol. The van der Waals surface area contributed by atoms with Gasteiger partial charge in [-0.15, -0.1) is 0 Å². The van der Waals surface area contributed by atoms with Crippen LogP contribution in [0.25, 0.3) is 4.13 Å². The minimum Gasteiger partial charge on any atom is -0.428 e. The smallest absolute Gasteiger partial charge is 0.428 e. The lowest BCUT2D eigenvalue weighted by Crippen LogP contribution is -2.25. The van der Waals surface area contributed by atoms with Crippen LogP contribution in [0.15, 0.2) is 0 Å². The molecule has 0 heterocycles. The molecule has 264 valence electrons. The van der Waals surface area contributed by atoms with Crippen molar-refractivity contribution in [2.75, 3.05) is 78.4 Å². The lowest BCUT2D eigenvalue weighted by atomic mass is 9.84. The Morgan fingerprint density at radius 3 is 1.57 bits per heavy atom. The van der Waals surface area contributed by atoms with Crippen LogP contribution < -0.4 is 0 Å². The summed E-state index contributed by atoms with van der Waals surface area (Å²) in [7, 11) is -10.9. The van der Waals surface area contributed by atoms with E-state index in [-0.39, 0.29) is 26.2 Å². The van der Waals surface area contributed by atoms with Crippen molar-refractivity contribution in [3.63, 3.8) is 0 Å². The summed E-state index contributed by atoms with van der Waals surface area (Å²) in [4.78, 5) is 0. The van der Waals surface area contributed by atoms with E-state index in [0.717, 1.165) is 18.8 Å². The van der Waals surface area contributed by atoms with Crippen molar-refractivity contribution in [2.24, 2.45) is 5.92 Å². The van der Waals surface area contributed by atoms with Gasteiger partial charge in [0.25, 0.3) is 0 Å². The Labute approximate surface area is 262 Å². The summed E-state index contributed by atoms with van der Waals surface area (Å²) in [5, 5.41) is 0. The lowest BCUT2D eigenvalue weighted by molar-refractivity contribution is -0.0425. The van der Waals surface area contributed by atoms with E-state index >= 15 is 0 Å². The molecule has 0 aromatic heterocycles. The molecule has 0 atom stereocenters. The van der Waals surface area contributed by atoms with E-state index in [4.69, 9.17) is 28.4 Å². The number of ether oxygens (including phenoxy) is 6.